The number of carbonyl (C=O) groups is 2. The van der Waals surface area contributed by atoms with Gasteiger partial charge in [-0.3, -0.25) is 9.59 Å². The molecule has 0 unspecified atom stereocenters. The van der Waals surface area contributed by atoms with Crippen LogP contribution in [0.3, 0.4) is 0 Å². The molecule has 1 amide bonds. The Bertz CT molecular complexity index is 971. The molecule has 0 aromatic heterocycles. The number of ketones is 1. The van der Waals surface area contributed by atoms with Crippen molar-refractivity contribution in [2.24, 2.45) is 5.73 Å². The molecule has 126 valence electrons. The Kier molecular flexibility index (Phi) is 3.31. The Morgan fingerprint density at radius 2 is 2.12 bits per heavy atom. The van der Waals surface area contributed by atoms with Crippen LogP contribution in [0.2, 0.25) is 0 Å². The van der Waals surface area contributed by atoms with E-state index in [1.165, 1.54) is 0 Å². The smallest absolute Gasteiger partial charge is 0.245 e. The van der Waals surface area contributed by atoms with Crippen molar-refractivity contribution in [2.75, 3.05) is 5.32 Å². The highest BCUT2D eigenvalue weighted by Crippen LogP contribution is 2.56. The predicted molar refractivity (Wildman–Crippen MR) is 93.0 cm³/mol. The number of hydrogen-bond acceptors (Lipinski definition) is 5. The van der Waals surface area contributed by atoms with E-state index in [1.54, 1.807) is 6.07 Å². The monoisotopic (exact) mass is 399 g/mol. The summed E-state index contributed by atoms with van der Waals surface area (Å²) in [5.41, 5.74) is 6.67. The minimum atomic E-state index is -1.55. The van der Waals surface area contributed by atoms with Gasteiger partial charge in [-0.25, -0.2) is 0 Å². The number of hydrogen-bond donors (Lipinski definition) is 2. The van der Waals surface area contributed by atoms with Gasteiger partial charge >= 0.3 is 0 Å². The summed E-state index contributed by atoms with van der Waals surface area (Å²) >= 11 is 3.54. The van der Waals surface area contributed by atoms with Gasteiger partial charge in [0.05, 0.1) is 5.57 Å². The fourth-order valence-electron chi connectivity index (χ4n) is 3.93. The summed E-state index contributed by atoms with van der Waals surface area (Å²) in [6.07, 6.45) is 1.45. The SMILES string of the molecule is Cc1ccc2c(c1Br)[C@]1(C(=O)N2)C(C#N)=C(N)OC2=C1C(=O)CCC2. The van der Waals surface area contributed by atoms with Crippen molar-refractivity contribution >= 4 is 33.3 Å². The lowest BCUT2D eigenvalue weighted by Crippen LogP contribution is -2.46. The first-order valence-corrected chi connectivity index (χ1v) is 8.68. The molecule has 1 spiro atoms. The van der Waals surface area contributed by atoms with E-state index in [9.17, 15) is 14.9 Å². The van der Waals surface area contributed by atoms with Crippen LogP contribution >= 0.6 is 15.9 Å². The van der Waals surface area contributed by atoms with Crippen LogP contribution in [0.5, 0.6) is 0 Å². The van der Waals surface area contributed by atoms with Gasteiger partial charge < -0.3 is 15.8 Å². The summed E-state index contributed by atoms with van der Waals surface area (Å²) in [4.78, 5) is 26.0. The van der Waals surface area contributed by atoms with Crippen molar-refractivity contribution in [2.45, 2.75) is 31.6 Å². The number of Topliss-reactive ketones (excluding diaryl/α,β-unsaturated/α-hetero) is 1. The second-order valence-electron chi connectivity index (χ2n) is 6.35. The summed E-state index contributed by atoms with van der Waals surface area (Å²) in [7, 11) is 0. The highest BCUT2D eigenvalue weighted by atomic mass is 79.9. The average molecular weight is 400 g/mol. The van der Waals surface area contributed by atoms with E-state index in [1.807, 2.05) is 19.1 Å². The van der Waals surface area contributed by atoms with E-state index < -0.39 is 11.3 Å². The van der Waals surface area contributed by atoms with Crippen LogP contribution in [0, 0.1) is 18.3 Å². The molecule has 0 saturated heterocycles. The van der Waals surface area contributed by atoms with Crippen LogP contribution in [0.15, 0.2) is 39.4 Å². The number of ether oxygens (including phenoxy) is 1. The van der Waals surface area contributed by atoms with Gasteiger partial charge in [-0.05, 0) is 25.0 Å². The Hall–Kier alpha value is -2.59. The van der Waals surface area contributed by atoms with E-state index in [2.05, 4.69) is 21.2 Å². The Labute approximate surface area is 152 Å². The number of anilines is 1. The van der Waals surface area contributed by atoms with Crippen LogP contribution in [0.1, 0.15) is 30.4 Å². The minimum Gasteiger partial charge on any atom is -0.444 e. The van der Waals surface area contributed by atoms with Crippen LogP contribution in [-0.4, -0.2) is 11.7 Å². The third-order valence-corrected chi connectivity index (χ3v) is 6.03. The van der Waals surface area contributed by atoms with Crippen molar-refractivity contribution in [3.05, 3.63) is 50.5 Å². The molecule has 3 aliphatic rings. The quantitative estimate of drug-likeness (QED) is 0.697. The number of amides is 1. The standard InChI is InChI=1S/C18H14BrN3O3/c1-8-5-6-10-13(15(8)19)18(17(24)22-10)9(7-20)16(21)25-12-4-2-3-11(23)14(12)18/h5-6H,2-4,21H2,1H3,(H,22,24)/t18-/m1/s1. The minimum absolute atomic E-state index is 0.0379. The molecular formula is C18H14BrN3O3. The van der Waals surface area contributed by atoms with Crippen LogP contribution in [-0.2, 0) is 19.7 Å². The predicted octanol–water partition coefficient (Wildman–Crippen LogP) is 2.68. The first-order valence-electron chi connectivity index (χ1n) is 7.89. The van der Waals surface area contributed by atoms with E-state index in [4.69, 9.17) is 10.5 Å². The number of nitriles is 1. The molecule has 1 atom stereocenters. The summed E-state index contributed by atoms with van der Waals surface area (Å²) in [6.45, 7) is 1.89. The lowest BCUT2D eigenvalue weighted by molar-refractivity contribution is -0.123. The normalized spacial score (nSPS) is 24.7. The van der Waals surface area contributed by atoms with Crippen molar-refractivity contribution in [3.8, 4) is 6.07 Å². The van der Waals surface area contributed by atoms with Gasteiger partial charge in [-0.2, -0.15) is 5.26 Å². The van der Waals surface area contributed by atoms with Gasteiger partial charge in [0.1, 0.15) is 22.8 Å². The second-order valence-corrected chi connectivity index (χ2v) is 7.14. The molecule has 2 aliphatic heterocycles. The van der Waals surface area contributed by atoms with Gasteiger partial charge in [0.15, 0.2) is 5.78 Å². The van der Waals surface area contributed by atoms with Gasteiger partial charge in [0, 0.05) is 28.6 Å². The molecule has 0 fully saturated rings. The van der Waals surface area contributed by atoms with E-state index >= 15 is 0 Å². The van der Waals surface area contributed by atoms with Gasteiger partial charge in [0.25, 0.3) is 0 Å². The Morgan fingerprint density at radius 3 is 2.84 bits per heavy atom. The molecule has 3 N–H and O–H groups in total. The van der Waals surface area contributed by atoms with E-state index in [-0.39, 0.29) is 22.8 Å². The average Bonchev–Trinajstić information content (AvgIpc) is 2.85. The van der Waals surface area contributed by atoms with Crippen molar-refractivity contribution < 1.29 is 14.3 Å². The topological polar surface area (TPSA) is 105 Å². The summed E-state index contributed by atoms with van der Waals surface area (Å²) in [5.74, 6) is -0.353. The lowest BCUT2D eigenvalue weighted by Gasteiger charge is -2.37. The number of carbonyl (C=O) groups excluding carboxylic acids is 2. The van der Waals surface area contributed by atoms with Crippen LogP contribution < -0.4 is 11.1 Å². The number of aryl methyl sites for hydroxylation is 1. The van der Waals surface area contributed by atoms with Gasteiger partial charge in [-0.1, -0.05) is 22.0 Å². The first-order chi connectivity index (χ1) is 11.9. The second kappa shape index (κ2) is 5.20. The Morgan fingerprint density at radius 1 is 1.36 bits per heavy atom. The fourth-order valence-corrected chi connectivity index (χ4v) is 4.57. The maximum absolute atomic E-state index is 13.2. The molecular weight excluding hydrogens is 386 g/mol. The zero-order valence-corrected chi connectivity index (χ0v) is 15.0. The van der Waals surface area contributed by atoms with Crippen molar-refractivity contribution in [3.63, 3.8) is 0 Å². The molecule has 1 aromatic carbocycles. The highest BCUT2D eigenvalue weighted by Gasteiger charge is 2.60. The van der Waals surface area contributed by atoms with Crippen LogP contribution in [0.25, 0.3) is 0 Å². The maximum Gasteiger partial charge on any atom is 0.245 e. The number of benzene rings is 1. The molecule has 25 heavy (non-hydrogen) atoms. The highest BCUT2D eigenvalue weighted by molar-refractivity contribution is 9.10. The van der Waals surface area contributed by atoms with Gasteiger partial charge in [-0.15, -0.1) is 0 Å². The zero-order valence-electron chi connectivity index (χ0n) is 13.4. The summed E-state index contributed by atoms with van der Waals surface area (Å²) in [5, 5.41) is 12.6. The van der Waals surface area contributed by atoms with Gasteiger partial charge in [0.2, 0.25) is 11.8 Å². The zero-order chi connectivity index (χ0) is 17.9. The number of nitrogens with one attached hydrogen (secondary N) is 1. The van der Waals surface area contributed by atoms with Crippen molar-refractivity contribution in [1.29, 1.82) is 5.26 Å². The third-order valence-electron chi connectivity index (χ3n) is 5.01. The third kappa shape index (κ3) is 1.83. The Balaban J connectivity index is 2.17. The molecule has 6 nitrogen and oxygen atoms in total. The maximum atomic E-state index is 13.2. The van der Waals surface area contributed by atoms with E-state index in [0.717, 1.165) is 5.56 Å². The molecule has 4 rings (SSSR count). The van der Waals surface area contributed by atoms with Crippen LogP contribution in [0.4, 0.5) is 5.69 Å². The van der Waals surface area contributed by atoms with E-state index in [0.29, 0.717) is 40.7 Å². The largest absolute Gasteiger partial charge is 0.444 e. The fraction of sp³-hybridized carbons (Fsp3) is 0.278. The first kappa shape index (κ1) is 15.9. The number of nitrogens with zero attached hydrogens (tertiary/aromatic N) is 1. The number of fused-ring (bicyclic) bond motifs is 3. The molecule has 0 saturated carbocycles. The summed E-state index contributed by atoms with van der Waals surface area (Å²) in [6, 6.07) is 5.65. The van der Waals surface area contributed by atoms with Crippen molar-refractivity contribution in [1.82, 2.24) is 0 Å². The molecule has 1 aromatic rings. The molecule has 2 heterocycles. The number of rotatable bonds is 0. The number of halogens is 1. The number of nitrogens with two attached hydrogens (primary N) is 1. The molecule has 0 radical (unpaired) electrons. The molecule has 1 aliphatic carbocycles. The molecule has 7 heteroatoms. The number of allylic oxidation sites excluding steroid dienone is 1. The lowest BCUT2D eigenvalue weighted by atomic mass is 9.65. The summed E-state index contributed by atoms with van der Waals surface area (Å²) < 4.78 is 6.26. The molecule has 0 bridgehead atoms.